The maximum absolute atomic E-state index is 12.8. The molecule has 3 atom stereocenters. The van der Waals surface area contributed by atoms with Gasteiger partial charge in [0.1, 0.15) is 22.6 Å². The molecule has 1 aliphatic carbocycles. The first-order chi connectivity index (χ1) is 15.0. The van der Waals surface area contributed by atoms with Crippen molar-refractivity contribution >= 4 is 39.6 Å². The molecule has 0 bridgehead atoms. The van der Waals surface area contributed by atoms with Crippen LogP contribution in [-0.2, 0) is 17.6 Å². The fraction of sp³-hybridized carbons (Fsp3) is 0.318. The van der Waals surface area contributed by atoms with E-state index in [1.165, 1.54) is 4.88 Å². The highest BCUT2D eigenvalue weighted by atomic mass is 32.1. The summed E-state index contributed by atoms with van der Waals surface area (Å²) in [6, 6.07) is 13.3. The Bertz CT molecular complexity index is 1220. The number of hydrogen-bond donors (Lipinski definition) is 3. The topological polar surface area (TPSA) is 142 Å². The molecule has 2 aliphatic heterocycles. The number of nitriles is 2. The van der Waals surface area contributed by atoms with Crippen molar-refractivity contribution in [1.29, 1.82) is 15.9 Å². The number of benzene rings is 1. The van der Waals surface area contributed by atoms with Gasteiger partial charge in [0, 0.05) is 10.6 Å². The average molecular weight is 430 g/mol. The zero-order valence-electron chi connectivity index (χ0n) is 16.6. The minimum Gasteiger partial charge on any atom is -0.386 e. The van der Waals surface area contributed by atoms with Crippen molar-refractivity contribution in [2.24, 2.45) is 22.6 Å². The molecule has 4 N–H and O–H groups in total. The van der Waals surface area contributed by atoms with E-state index in [0.717, 1.165) is 36.8 Å². The molecule has 1 amide bonds. The van der Waals surface area contributed by atoms with Crippen molar-refractivity contribution in [3.8, 4) is 12.1 Å². The first-order valence-electron chi connectivity index (χ1n) is 10.1. The number of anilines is 2. The molecule has 31 heavy (non-hydrogen) atoms. The third-order valence-electron chi connectivity index (χ3n) is 6.25. The van der Waals surface area contributed by atoms with Gasteiger partial charge in [-0.3, -0.25) is 15.1 Å². The van der Waals surface area contributed by atoms with Gasteiger partial charge >= 0.3 is 0 Å². The normalized spacial score (nSPS) is 26.9. The number of hydrogen-bond acceptors (Lipinski definition) is 7. The average Bonchev–Trinajstić information content (AvgIpc) is 3.13. The maximum atomic E-state index is 12.8. The molecule has 2 aromatic rings. The van der Waals surface area contributed by atoms with Crippen molar-refractivity contribution in [2.75, 3.05) is 10.2 Å². The summed E-state index contributed by atoms with van der Waals surface area (Å²) in [7, 11) is 0. The molecule has 0 radical (unpaired) electrons. The van der Waals surface area contributed by atoms with Gasteiger partial charge < -0.3 is 11.1 Å². The van der Waals surface area contributed by atoms with E-state index in [2.05, 4.69) is 22.4 Å². The van der Waals surface area contributed by atoms with Crippen LogP contribution in [0.25, 0.3) is 0 Å². The Morgan fingerprint density at radius 3 is 2.61 bits per heavy atom. The summed E-state index contributed by atoms with van der Waals surface area (Å²) >= 11 is 1.54. The van der Waals surface area contributed by atoms with Gasteiger partial charge in [-0.05, 0) is 43.4 Å². The van der Waals surface area contributed by atoms with Gasteiger partial charge in [0.15, 0.2) is 11.6 Å². The second-order valence-electron chi connectivity index (χ2n) is 7.88. The van der Waals surface area contributed by atoms with Crippen LogP contribution in [0.1, 0.15) is 28.8 Å². The summed E-state index contributed by atoms with van der Waals surface area (Å²) in [6.45, 7) is 0. The number of nitrogens with zero attached hydrogens (tertiary/aromatic N) is 4. The molecule has 3 aliphatic rings. The largest absolute Gasteiger partial charge is 0.386 e. The Kier molecular flexibility index (Phi) is 4.31. The van der Waals surface area contributed by atoms with Crippen LogP contribution in [0.4, 0.5) is 10.7 Å². The van der Waals surface area contributed by atoms with Crippen LogP contribution in [0.5, 0.6) is 0 Å². The molecule has 5 rings (SSSR count). The molecule has 1 aromatic heterocycles. The molecular weight excluding hydrogens is 410 g/mol. The lowest BCUT2D eigenvalue weighted by Crippen LogP contribution is -2.72. The van der Waals surface area contributed by atoms with Crippen molar-refractivity contribution < 1.29 is 4.79 Å². The van der Waals surface area contributed by atoms with E-state index in [4.69, 9.17) is 5.73 Å². The van der Waals surface area contributed by atoms with Crippen molar-refractivity contribution in [2.45, 2.75) is 31.3 Å². The Morgan fingerprint density at radius 2 is 1.90 bits per heavy atom. The number of thiophene rings is 1. The molecule has 0 saturated carbocycles. The SMILES string of the molecule is N#CC1C(=O)N=C(N)C(C#N)C12Nc1sc3c(c1C(=N)N2c1ccccc1)CCCC3. The highest BCUT2D eigenvalue weighted by molar-refractivity contribution is 7.16. The minimum atomic E-state index is -1.56. The van der Waals surface area contributed by atoms with Crippen LogP contribution >= 0.6 is 11.3 Å². The zero-order valence-corrected chi connectivity index (χ0v) is 17.4. The van der Waals surface area contributed by atoms with Crippen molar-refractivity contribution in [1.82, 2.24) is 0 Å². The van der Waals surface area contributed by atoms with Crippen LogP contribution < -0.4 is 16.0 Å². The van der Waals surface area contributed by atoms with Gasteiger partial charge in [-0.25, -0.2) is 0 Å². The predicted molar refractivity (Wildman–Crippen MR) is 118 cm³/mol. The molecular formula is C22H19N7OS. The number of carbonyl (C=O) groups is 1. The van der Waals surface area contributed by atoms with Gasteiger partial charge in [-0.15, -0.1) is 11.3 Å². The highest BCUT2D eigenvalue weighted by Gasteiger charge is 2.62. The van der Waals surface area contributed by atoms with E-state index >= 15 is 0 Å². The molecule has 9 heteroatoms. The van der Waals surface area contributed by atoms with Gasteiger partial charge in [0.25, 0.3) is 5.91 Å². The van der Waals surface area contributed by atoms with E-state index < -0.39 is 23.4 Å². The first kappa shape index (κ1) is 19.3. The molecule has 1 aromatic carbocycles. The number of aryl methyl sites for hydroxylation is 1. The second-order valence-corrected chi connectivity index (χ2v) is 8.99. The highest BCUT2D eigenvalue weighted by Crippen LogP contribution is 2.50. The molecule has 0 saturated heterocycles. The molecule has 8 nitrogen and oxygen atoms in total. The van der Waals surface area contributed by atoms with Gasteiger partial charge in [-0.2, -0.15) is 15.5 Å². The summed E-state index contributed by atoms with van der Waals surface area (Å²) in [5.74, 6) is -3.12. The number of carbonyl (C=O) groups excluding carboxylic acids is 1. The molecule has 154 valence electrons. The molecule has 3 heterocycles. The maximum Gasteiger partial charge on any atom is 0.269 e. The summed E-state index contributed by atoms with van der Waals surface area (Å²) < 4.78 is 0. The van der Waals surface area contributed by atoms with Crippen LogP contribution in [0, 0.1) is 39.9 Å². The number of para-hydroxylation sites is 1. The minimum absolute atomic E-state index is 0.148. The summed E-state index contributed by atoms with van der Waals surface area (Å²) in [5.41, 5.74) is 7.04. The molecule has 3 unspecified atom stereocenters. The number of nitrogens with one attached hydrogen (secondary N) is 2. The van der Waals surface area contributed by atoms with Gasteiger partial charge in [0.2, 0.25) is 0 Å². The van der Waals surface area contributed by atoms with Crippen LogP contribution in [0.2, 0.25) is 0 Å². The third-order valence-corrected chi connectivity index (χ3v) is 7.46. The number of rotatable bonds is 1. The van der Waals surface area contributed by atoms with E-state index in [-0.39, 0.29) is 11.7 Å². The Morgan fingerprint density at radius 1 is 1.19 bits per heavy atom. The monoisotopic (exact) mass is 429 g/mol. The first-order valence-corrected chi connectivity index (χ1v) is 10.9. The lowest BCUT2D eigenvalue weighted by Gasteiger charge is -2.53. The standard InChI is InChI=1S/C22H19N7OS/c23-10-14-18(25)27-20(30)15(11-24)22(14)28-21-17(13-8-4-5-9-16(13)31-21)19(26)29(22)12-6-2-1-3-7-12/h1-3,6-7,14-15,26,28H,4-5,8-9H2,(H2,25,27,30). The number of aliphatic imine (C=N–C) groups is 1. The van der Waals surface area contributed by atoms with Crippen LogP contribution in [-0.4, -0.2) is 23.2 Å². The fourth-order valence-corrected chi connectivity index (χ4v) is 6.27. The Labute approximate surface area is 183 Å². The fourth-order valence-electron chi connectivity index (χ4n) is 4.92. The summed E-state index contributed by atoms with van der Waals surface area (Å²) in [5, 5.41) is 33.4. The Hall–Kier alpha value is -3.69. The van der Waals surface area contributed by atoms with Gasteiger partial charge in [0.05, 0.1) is 17.7 Å². The third kappa shape index (κ3) is 2.54. The zero-order chi connectivity index (χ0) is 21.8. The van der Waals surface area contributed by atoms with Gasteiger partial charge in [-0.1, -0.05) is 18.2 Å². The van der Waals surface area contributed by atoms with E-state index in [0.29, 0.717) is 10.7 Å². The van der Waals surface area contributed by atoms with E-state index in [9.17, 15) is 20.7 Å². The molecule has 1 spiro atoms. The summed E-state index contributed by atoms with van der Waals surface area (Å²) in [4.78, 5) is 19.4. The lowest BCUT2D eigenvalue weighted by atomic mass is 9.75. The predicted octanol–water partition coefficient (Wildman–Crippen LogP) is 2.76. The quantitative estimate of drug-likeness (QED) is 0.636. The van der Waals surface area contributed by atoms with Crippen LogP contribution in [0.15, 0.2) is 35.3 Å². The Balaban J connectivity index is 1.83. The number of amidine groups is 2. The van der Waals surface area contributed by atoms with Crippen LogP contribution in [0.3, 0.4) is 0 Å². The number of fused-ring (bicyclic) bond motifs is 3. The van der Waals surface area contributed by atoms with Crippen molar-refractivity contribution in [3.05, 3.63) is 46.3 Å². The van der Waals surface area contributed by atoms with E-state index in [1.54, 1.807) is 28.4 Å². The smallest absolute Gasteiger partial charge is 0.269 e. The number of nitrogens with two attached hydrogens (primary N) is 1. The lowest BCUT2D eigenvalue weighted by molar-refractivity contribution is -0.122. The number of amides is 1. The van der Waals surface area contributed by atoms with Crippen molar-refractivity contribution in [3.63, 3.8) is 0 Å². The summed E-state index contributed by atoms with van der Waals surface area (Å²) in [6.07, 6.45) is 3.96. The second kappa shape index (κ2) is 6.93. The molecule has 0 fully saturated rings. The van der Waals surface area contributed by atoms with E-state index in [1.807, 2.05) is 18.2 Å².